The Morgan fingerprint density at radius 2 is 0.971 bits per heavy atom. The van der Waals surface area contributed by atoms with Crippen LogP contribution in [-0.2, 0) is 4.79 Å². The average Bonchev–Trinajstić information content (AvgIpc) is 2.81. The Hall–Kier alpha value is -0.850. The SMILES string of the molecule is CCCCCCCCCC(CC(O)CO)(CC(O)CO)C(CC(O)CO)(CC(O)CO)C(=O)O. The molecule has 0 amide bonds. The van der Waals surface area contributed by atoms with Crippen molar-refractivity contribution >= 4 is 5.97 Å². The molecule has 10 nitrogen and oxygen atoms in total. The smallest absolute Gasteiger partial charge is 0.310 e. The second kappa shape index (κ2) is 17.6. The van der Waals surface area contributed by atoms with Gasteiger partial charge < -0.3 is 46.0 Å². The van der Waals surface area contributed by atoms with E-state index in [1.54, 1.807) is 0 Å². The molecule has 0 aliphatic rings. The van der Waals surface area contributed by atoms with Gasteiger partial charge in [0.2, 0.25) is 0 Å². The van der Waals surface area contributed by atoms with Gasteiger partial charge in [0.05, 0.1) is 56.3 Å². The standard InChI is InChI=1S/C24H48O10/c1-2-3-4-5-6-7-8-9-23(10-18(29)14-25,11-19(30)15-26)24(22(33)34,12-20(31)16-27)13-21(32)17-28/h18-21,25-32H,2-17H2,1H3,(H,33,34). The molecular formula is C24H48O10. The van der Waals surface area contributed by atoms with E-state index in [9.17, 15) is 50.8 Å². The van der Waals surface area contributed by atoms with Crippen molar-refractivity contribution in [2.75, 3.05) is 26.4 Å². The molecule has 0 aromatic heterocycles. The monoisotopic (exact) mass is 496 g/mol. The normalized spacial score (nSPS) is 19.1. The molecular weight excluding hydrogens is 448 g/mol. The third-order valence-corrected chi connectivity index (χ3v) is 6.95. The summed E-state index contributed by atoms with van der Waals surface area (Å²) in [6, 6.07) is 0. The number of hydrogen-bond donors (Lipinski definition) is 9. The summed E-state index contributed by atoms with van der Waals surface area (Å²) in [5.74, 6) is -1.43. The fourth-order valence-electron chi connectivity index (χ4n) is 5.22. The maximum Gasteiger partial charge on any atom is 0.310 e. The van der Waals surface area contributed by atoms with E-state index in [1.807, 2.05) is 0 Å². The van der Waals surface area contributed by atoms with Crippen LogP contribution >= 0.6 is 0 Å². The van der Waals surface area contributed by atoms with Gasteiger partial charge in [-0.1, -0.05) is 51.9 Å². The molecule has 10 heteroatoms. The van der Waals surface area contributed by atoms with Gasteiger partial charge in [0.25, 0.3) is 0 Å². The molecule has 0 bridgehead atoms. The van der Waals surface area contributed by atoms with Crippen LogP contribution in [0.25, 0.3) is 0 Å². The van der Waals surface area contributed by atoms with Gasteiger partial charge in [0.1, 0.15) is 0 Å². The first-order valence-electron chi connectivity index (χ1n) is 12.5. The van der Waals surface area contributed by atoms with Crippen LogP contribution in [0.3, 0.4) is 0 Å². The van der Waals surface area contributed by atoms with Crippen molar-refractivity contribution in [3.8, 4) is 0 Å². The van der Waals surface area contributed by atoms with Crippen LogP contribution in [0.2, 0.25) is 0 Å². The van der Waals surface area contributed by atoms with E-state index in [2.05, 4.69) is 6.92 Å². The number of aliphatic carboxylic acids is 1. The van der Waals surface area contributed by atoms with Crippen LogP contribution in [0.4, 0.5) is 0 Å². The highest BCUT2D eigenvalue weighted by atomic mass is 16.4. The molecule has 0 saturated heterocycles. The largest absolute Gasteiger partial charge is 0.481 e. The van der Waals surface area contributed by atoms with Crippen molar-refractivity contribution in [1.29, 1.82) is 0 Å². The lowest BCUT2D eigenvalue weighted by atomic mass is 9.52. The van der Waals surface area contributed by atoms with Gasteiger partial charge in [-0.05, 0) is 37.5 Å². The van der Waals surface area contributed by atoms with E-state index in [1.165, 1.54) is 0 Å². The van der Waals surface area contributed by atoms with Gasteiger partial charge in [0, 0.05) is 0 Å². The Labute approximate surface area is 202 Å². The van der Waals surface area contributed by atoms with E-state index < -0.39 is 80.5 Å². The molecule has 0 rings (SSSR count). The molecule has 34 heavy (non-hydrogen) atoms. The predicted molar refractivity (Wildman–Crippen MR) is 126 cm³/mol. The number of aliphatic hydroxyl groups is 8. The van der Waals surface area contributed by atoms with Crippen molar-refractivity contribution in [3.05, 3.63) is 0 Å². The highest BCUT2D eigenvalue weighted by Crippen LogP contribution is 2.56. The lowest BCUT2D eigenvalue weighted by molar-refractivity contribution is -0.178. The zero-order valence-electron chi connectivity index (χ0n) is 20.6. The quantitative estimate of drug-likeness (QED) is 0.0930. The lowest BCUT2D eigenvalue weighted by Crippen LogP contribution is -2.55. The zero-order chi connectivity index (χ0) is 26.2. The molecule has 204 valence electrons. The minimum absolute atomic E-state index is 0.164. The highest BCUT2D eigenvalue weighted by molar-refractivity contribution is 5.76. The van der Waals surface area contributed by atoms with Gasteiger partial charge in [-0.25, -0.2) is 0 Å². The predicted octanol–water partition coefficient (Wildman–Crippen LogP) is 0.158. The topological polar surface area (TPSA) is 199 Å². The van der Waals surface area contributed by atoms with Crippen LogP contribution in [0, 0.1) is 10.8 Å². The zero-order valence-corrected chi connectivity index (χ0v) is 20.6. The molecule has 0 radical (unpaired) electrons. The number of unbranched alkanes of at least 4 members (excludes halogenated alkanes) is 6. The first-order chi connectivity index (χ1) is 16.1. The molecule has 0 aromatic rings. The van der Waals surface area contributed by atoms with E-state index in [0.717, 1.165) is 38.5 Å². The summed E-state index contributed by atoms with van der Waals surface area (Å²) in [7, 11) is 0. The molecule has 0 aromatic carbocycles. The van der Waals surface area contributed by atoms with E-state index in [4.69, 9.17) is 0 Å². The second-order valence-electron chi connectivity index (χ2n) is 9.70. The van der Waals surface area contributed by atoms with Crippen LogP contribution < -0.4 is 0 Å². The Kier molecular flexibility index (Phi) is 17.1. The minimum atomic E-state index is -1.98. The maximum atomic E-state index is 12.8. The van der Waals surface area contributed by atoms with Crippen molar-refractivity contribution in [1.82, 2.24) is 0 Å². The number of carboxylic acids is 1. The highest BCUT2D eigenvalue weighted by Gasteiger charge is 2.58. The van der Waals surface area contributed by atoms with Crippen molar-refractivity contribution < 1.29 is 50.8 Å². The number of carboxylic acid groups (broad SMARTS) is 1. The number of rotatable bonds is 22. The second-order valence-corrected chi connectivity index (χ2v) is 9.70. The van der Waals surface area contributed by atoms with Gasteiger partial charge in [-0.2, -0.15) is 0 Å². The number of aliphatic hydroxyl groups excluding tert-OH is 8. The van der Waals surface area contributed by atoms with E-state index >= 15 is 0 Å². The van der Waals surface area contributed by atoms with Crippen LogP contribution in [0.5, 0.6) is 0 Å². The van der Waals surface area contributed by atoms with Crippen molar-refractivity contribution in [3.63, 3.8) is 0 Å². The molecule has 9 N–H and O–H groups in total. The van der Waals surface area contributed by atoms with Gasteiger partial charge in [-0.15, -0.1) is 0 Å². The molecule has 0 spiro atoms. The van der Waals surface area contributed by atoms with Gasteiger partial charge >= 0.3 is 5.97 Å². The lowest BCUT2D eigenvalue weighted by Gasteiger charge is -2.51. The summed E-state index contributed by atoms with van der Waals surface area (Å²) in [6.45, 7) is -0.726. The summed E-state index contributed by atoms with van der Waals surface area (Å²) in [5, 5.41) is 89.9. The van der Waals surface area contributed by atoms with E-state index in [-0.39, 0.29) is 19.3 Å². The molecule has 0 heterocycles. The summed E-state index contributed by atoms with van der Waals surface area (Å²) in [4.78, 5) is 12.8. The summed E-state index contributed by atoms with van der Waals surface area (Å²) >= 11 is 0. The third kappa shape index (κ3) is 10.4. The number of hydrogen-bond acceptors (Lipinski definition) is 9. The molecule has 0 aliphatic carbocycles. The van der Waals surface area contributed by atoms with Crippen LogP contribution in [0.15, 0.2) is 0 Å². The summed E-state index contributed by atoms with van der Waals surface area (Å²) in [5.41, 5.74) is -3.45. The molecule has 4 unspecified atom stereocenters. The average molecular weight is 497 g/mol. The Morgan fingerprint density at radius 3 is 1.32 bits per heavy atom. The van der Waals surface area contributed by atoms with E-state index in [0.29, 0.717) is 6.42 Å². The van der Waals surface area contributed by atoms with Crippen LogP contribution in [-0.4, -0.2) is 103 Å². The number of carbonyl (C=O) groups is 1. The Bertz CT molecular complexity index is 506. The first kappa shape index (κ1) is 33.1. The van der Waals surface area contributed by atoms with Crippen LogP contribution in [0.1, 0.15) is 84.0 Å². The van der Waals surface area contributed by atoms with Gasteiger partial charge in [-0.3, -0.25) is 4.79 Å². The molecule has 0 fully saturated rings. The Balaban J connectivity index is 6.41. The Morgan fingerprint density at radius 1 is 0.618 bits per heavy atom. The first-order valence-corrected chi connectivity index (χ1v) is 12.5. The molecule has 0 saturated carbocycles. The summed E-state index contributed by atoms with van der Waals surface area (Å²) in [6.07, 6.45) is -0.606. The van der Waals surface area contributed by atoms with Crippen molar-refractivity contribution in [2.24, 2.45) is 10.8 Å². The fourth-order valence-corrected chi connectivity index (χ4v) is 5.22. The van der Waals surface area contributed by atoms with Crippen molar-refractivity contribution in [2.45, 2.75) is 108 Å². The third-order valence-electron chi connectivity index (χ3n) is 6.95. The fraction of sp³-hybridized carbons (Fsp3) is 0.958. The molecule has 0 aliphatic heterocycles. The van der Waals surface area contributed by atoms with Gasteiger partial charge in [0.15, 0.2) is 0 Å². The minimum Gasteiger partial charge on any atom is -0.481 e. The maximum absolute atomic E-state index is 12.8. The summed E-state index contributed by atoms with van der Waals surface area (Å²) < 4.78 is 0. The molecule has 4 atom stereocenters.